The molecule has 1 aliphatic carbocycles. The maximum Gasteiger partial charge on any atom is 0.214 e. The fourth-order valence-corrected chi connectivity index (χ4v) is 5.45. The van der Waals surface area contributed by atoms with Crippen LogP contribution in [0.25, 0.3) is 0 Å². The number of sulfonamides is 1. The second kappa shape index (κ2) is 6.05. The zero-order valence-electron chi connectivity index (χ0n) is 14.1. The van der Waals surface area contributed by atoms with Crippen LogP contribution in [0.3, 0.4) is 0 Å². The summed E-state index contributed by atoms with van der Waals surface area (Å²) in [4.78, 5) is 6.97. The van der Waals surface area contributed by atoms with Crippen LogP contribution < -0.4 is 4.72 Å². The molecule has 3 aliphatic rings. The van der Waals surface area contributed by atoms with E-state index in [9.17, 15) is 8.42 Å². The third kappa shape index (κ3) is 3.22. The summed E-state index contributed by atoms with van der Waals surface area (Å²) in [5.41, 5.74) is 2.01. The predicted molar refractivity (Wildman–Crippen MR) is 90.9 cm³/mol. The maximum atomic E-state index is 12.2. The van der Waals surface area contributed by atoms with E-state index in [1.54, 1.807) is 0 Å². The molecule has 0 amide bonds. The molecule has 0 aromatic carbocycles. The highest BCUT2D eigenvalue weighted by atomic mass is 32.2. The SMILES string of the molecule is Cc1cccc(CN2C[C@@H]3COC[C@]3(CNS(=O)(=O)C3CC3)C2)n1. The largest absolute Gasteiger partial charge is 0.380 e. The first-order valence-electron chi connectivity index (χ1n) is 8.68. The van der Waals surface area contributed by atoms with Crippen molar-refractivity contribution in [2.45, 2.75) is 31.6 Å². The van der Waals surface area contributed by atoms with Gasteiger partial charge in [0.25, 0.3) is 0 Å². The third-order valence-electron chi connectivity index (χ3n) is 5.51. The number of fused-ring (bicyclic) bond motifs is 1. The molecule has 7 heteroatoms. The number of hydrogen-bond donors (Lipinski definition) is 1. The number of aryl methyl sites for hydroxylation is 1. The molecule has 4 rings (SSSR count). The second-order valence-electron chi connectivity index (χ2n) is 7.58. The quantitative estimate of drug-likeness (QED) is 0.825. The van der Waals surface area contributed by atoms with Gasteiger partial charge in [0.2, 0.25) is 10.0 Å². The van der Waals surface area contributed by atoms with E-state index in [2.05, 4.69) is 20.7 Å². The summed E-state index contributed by atoms with van der Waals surface area (Å²) in [6, 6.07) is 6.10. The molecule has 2 saturated heterocycles. The Kier molecular flexibility index (Phi) is 4.15. The molecule has 24 heavy (non-hydrogen) atoms. The highest BCUT2D eigenvalue weighted by Gasteiger charge is 2.51. The first kappa shape index (κ1) is 16.4. The Balaban J connectivity index is 1.43. The molecular formula is C17H25N3O3S. The van der Waals surface area contributed by atoms with Crippen molar-refractivity contribution in [1.82, 2.24) is 14.6 Å². The summed E-state index contributed by atoms with van der Waals surface area (Å²) < 4.78 is 32.9. The average Bonchev–Trinajstić information content (AvgIpc) is 3.23. The summed E-state index contributed by atoms with van der Waals surface area (Å²) in [6.45, 7) is 6.49. The van der Waals surface area contributed by atoms with Gasteiger partial charge >= 0.3 is 0 Å². The summed E-state index contributed by atoms with van der Waals surface area (Å²) in [6.07, 6.45) is 1.60. The molecule has 2 aliphatic heterocycles. The molecule has 1 N–H and O–H groups in total. The Morgan fingerprint density at radius 1 is 1.42 bits per heavy atom. The smallest absolute Gasteiger partial charge is 0.214 e. The minimum atomic E-state index is -3.14. The van der Waals surface area contributed by atoms with Crippen LogP contribution in [-0.2, 0) is 21.3 Å². The first-order valence-corrected chi connectivity index (χ1v) is 10.2. The number of aromatic nitrogens is 1. The molecule has 1 aromatic heterocycles. The molecule has 2 atom stereocenters. The van der Waals surface area contributed by atoms with Crippen LogP contribution in [0.2, 0.25) is 0 Å². The van der Waals surface area contributed by atoms with Crippen molar-refractivity contribution in [3.05, 3.63) is 29.6 Å². The lowest BCUT2D eigenvalue weighted by molar-refractivity contribution is 0.128. The highest BCUT2D eigenvalue weighted by Crippen LogP contribution is 2.41. The van der Waals surface area contributed by atoms with Gasteiger partial charge in [-0.3, -0.25) is 9.88 Å². The van der Waals surface area contributed by atoms with Crippen LogP contribution in [0.15, 0.2) is 18.2 Å². The Morgan fingerprint density at radius 2 is 2.25 bits per heavy atom. The zero-order chi connectivity index (χ0) is 16.8. The fraction of sp³-hybridized carbons (Fsp3) is 0.706. The number of hydrogen-bond acceptors (Lipinski definition) is 5. The zero-order valence-corrected chi connectivity index (χ0v) is 14.9. The van der Waals surface area contributed by atoms with E-state index in [0.717, 1.165) is 50.5 Å². The van der Waals surface area contributed by atoms with Crippen molar-refractivity contribution < 1.29 is 13.2 Å². The molecule has 0 bridgehead atoms. The van der Waals surface area contributed by atoms with Crippen molar-refractivity contribution >= 4 is 10.0 Å². The van der Waals surface area contributed by atoms with Gasteiger partial charge in [-0.25, -0.2) is 13.1 Å². The lowest BCUT2D eigenvalue weighted by Crippen LogP contribution is -2.43. The number of nitrogens with zero attached hydrogens (tertiary/aromatic N) is 2. The molecule has 0 radical (unpaired) electrons. The lowest BCUT2D eigenvalue weighted by Gasteiger charge is -2.27. The minimum absolute atomic E-state index is 0.0915. The van der Waals surface area contributed by atoms with Gasteiger partial charge in [0.15, 0.2) is 0 Å². The number of pyridine rings is 1. The Bertz CT molecular complexity index is 720. The van der Waals surface area contributed by atoms with Crippen LogP contribution in [0, 0.1) is 18.3 Å². The van der Waals surface area contributed by atoms with E-state index >= 15 is 0 Å². The van der Waals surface area contributed by atoms with Gasteiger partial charge in [-0.2, -0.15) is 0 Å². The number of rotatable bonds is 6. The van der Waals surface area contributed by atoms with Gasteiger partial charge in [0, 0.05) is 43.2 Å². The predicted octanol–water partition coefficient (Wildman–Crippen LogP) is 0.920. The number of likely N-dealkylation sites (tertiary alicyclic amines) is 1. The van der Waals surface area contributed by atoms with Crippen molar-refractivity contribution in [3.63, 3.8) is 0 Å². The fourth-order valence-electron chi connectivity index (χ4n) is 3.97. The Labute approximate surface area is 143 Å². The summed E-state index contributed by atoms with van der Waals surface area (Å²) in [7, 11) is -3.14. The van der Waals surface area contributed by atoms with Crippen molar-refractivity contribution in [2.75, 3.05) is 32.8 Å². The molecular weight excluding hydrogens is 326 g/mol. The second-order valence-corrected chi connectivity index (χ2v) is 9.63. The Morgan fingerprint density at radius 3 is 3.00 bits per heavy atom. The molecule has 3 heterocycles. The molecule has 1 aromatic rings. The van der Waals surface area contributed by atoms with E-state index in [4.69, 9.17) is 4.74 Å². The van der Waals surface area contributed by atoms with Crippen LogP contribution >= 0.6 is 0 Å². The molecule has 0 spiro atoms. The van der Waals surface area contributed by atoms with Gasteiger partial charge in [-0.1, -0.05) is 6.07 Å². The third-order valence-corrected chi connectivity index (χ3v) is 7.41. The monoisotopic (exact) mass is 351 g/mol. The van der Waals surface area contributed by atoms with Gasteiger partial charge in [-0.15, -0.1) is 0 Å². The van der Waals surface area contributed by atoms with Gasteiger partial charge in [-0.05, 0) is 31.9 Å². The summed E-state index contributed by atoms with van der Waals surface area (Å²) in [5.74, 6) is 0.393. The molecule has 1 saturated carbocycles. The van der Waals surface area contributed by atoms with Crippen molar-refractivity contribution in [2.24, 2.45) is 11.3 Å². The van der Waals surface area contributed by atoms with E-state index in [0.29, 0.717) is 19.1 Å². The van der Waals surface area contributed by atoms with Crippen molar-refractivity contribution in [1.29, 1.82) is 0 Å². The Hall–Kier alpha value is -1.02. The molecule has 3 fully saturated rings. The number of ether oxygens (including phenoxy) is 1. The van der Waals surface area contributed by atoms with E-state index < -0.39 is 10.0 Å². The van der Waals surface area contributed by atoms with Crippen LogP contribution in [0.5, 0.6) is 0 Å². The summed E-state index contributed by atoms with van der Waals surface area (Å²) >= 11 is 0. The first-order chi connectivity index (χ1) is 11.5. The summed E-state index contributed by atoms with van der Waals surface area (Å²) in [5, 5.41) is -0.163. The molecule has 6 nitrogen and oxygen atoms in total. The van der Waals surface area contributed by atoms with Crippen LogP contribution in [-0.4, -0.2) is 56.4 Å². The maximum absolute atomic E-state index is 12.2. The molecule has 132 valence electrons. The standard InChI is InChI=1S/C17H25N3O3S/c1-13-3-2-4-15(19-13)8-20-7-14-9-23-12-17(14,11-20)10-18-24(21,22)16-5-6-16/h2-4,14,16,18H,5-12H2,1H3/t14-,17+/m1/s1. The van der Waals surface area contributed by atoms with Crippen LogP contribution in [0.4, 0.5) is 0 Å². The van der Waals surface area contributed by atoms with Gasteiger partial charge < -0.3 is 4.74 Å². The molecule has 0 unspecified atom stereocenters. The lowest BCUT2D eigenvalue weighted by atomic mass is 9.81. The number of nitrogens with one attached hydrogen (secondary N) is 1. The van der Waals surface area contributed by atoms with Gasteiger partial charge in [0.1, 0.15) is 0 Å². The van der Waals surface area contributed by atoms with Crippen LogP contribution in [0.1, 0.15) is 24.2 Å². The topological polar surface area (TPSA) is 71.5 Å². The van der Waals surface area contributed by atoms with E-state index in [1.807, 2.05) is 19.1 Å². The normalized spacial score (nSPS) is 30.6. The minimum Gasteiger partial charge on any atom is -0.380 e. The van der Waals surface area contributed by atoms with Crippen molar-refractivity contribution in [3.8, 4) is 0 Å². The van der Waals surface area contributed by atoms with Gasteiger partial charge in [0.05, 0.1) is 24.2 Å². The average molecular weight is 351 g/mol. The van der Waals surface area contributed by atoms with E-state index in [-0.39, 0.29) is 10.7 Å². The van der Waals surface area contributed by atoms with E-state index in [1.165, 1.54) is 0 Å². The highest BCUT2D eigenvalue weighted by molar-refractivity contribution is 7.90.